The molecule has 116 valence electrons. The zero-order valence-corrected chi connectivity index (χ0v) is 12.2. The Balaban J connectivity index is 2.72. The Morgan fingerprint density at radius 1 is 1.48 bits per heavy atom. The first kappa shape index (κ1) is 17.0. The van der Waals surface area contributed by atoms with Gasteiger partial charge in [-0.3, -0.25) is 14.9 Å². The lowest BCUT2D eigenvalue weighted by molar-refractivity contribution is -0.384. The molecule has 6 nitrogen and oxygen atoms in total. The molecule has 0 saturated heterocycles. The van der Waals surface area contributed by atoms with E-state index in [1.165, 1.54) is 0 Å². The summed E-state index contributed by atoms with van der Waals surface area (Å²) >= 11 is 0. The lowest BCUT2D eigenvalue weighted by Crippen LogP contribution is -2.34. The van der Waals surface area contributed by atoms with Crippen molar-refractivity contribution in [3.8, 4) is 0 Å². The molecule has 0 aliphatic rings. The fourth-order valence-electron chi connectivity index (χ4n) is 1.89. The lowest BCUT2D eigenvalue weighted by atomic mass is 9.89. The summed E-state index contributed by atoms with van der Waals surface area (Å²) in [7, 11) is 0. The minimum Gasteiger partial charge on any atom is -0.391 e. The van der Waals surface area contributed by atoms with Crippen molar-refractivity contribution in [3.05, 3.63) is 39.7 Å². The number of non-ortho nitro benzene ring substituents is 1. The number of nitro groups is 1. The van der Waals surface area contributed by atoms with Crippen LogP contribution in [0.4, 0.5) is 10.1 Å². The second-order valence-corrected chi connectivity index (χ2v) is 6.05. The predicted molar refractivity (Wildman–Crippen MR) is 75.5 cm³/mol. The second kappa shape index (κ2) is 6.62. The number of benzene rings is 1. The van der Waals surface area contributed by atoms with Gasteiger partial charge in [-0.1, -0.05) is 20.8 Å². The number of carbonyl (C=O) groups excluding carboxylic acids is 1. The molecule has 1 aromatic carbocycles. The van der Waals surface area contributed by atoms with Crippen molar-refractivity contribution in [2.75, 3.05) is 6.54 Å². The van der Waals surface area contributed by atoms with Gasteiger partial charge in [-0.25, -0.2) is 4.39 Å². The normalized spacial score (nSPS) is 12.8. The van der Waals surface area contributed by atoms with Crippen LogP contribution in [0.5, 0.6) is 0 Å². The summed E-state index contributed by atoms with van der Waals surface area (Å²) in [6.07, 6.45) is -0.305. The number of carbonyl (C=O) groups is 1. The van der Waals surface area contributed by atoms with Crippen molar-refractivity contribution >= 4 is 11.6 Å². The maximum absolute atomic E-state index is 13.5. The van der Waals surface area contributed by atoms with Crippen molar-refractivity contribution in [1.29, 1.82) is 0 Å². The number of hydrogen-bond donors (Lipinski definition) is 2. The molecule has 0 radical (unpaired) electrons. The first-order valence-corrected chi connectivity index (χ1v) is 6.50. The number of amides is 1. The number of halogens is 1. The van der Waals surface area contributed by atoms with Gasteiger partial charge in [-0.15, -0.1) is 0 Å². The Bertz CT molecular complexity index is 540. The molecular formula is C14H19FN2O4. The molecule has 21 heavy (non-hydrogen) atoms. The van der Waals surface area contributed by atoms with E-state index in [0.29, 0.717) is 6.42 Å². The van der Waals surface area contributed by atoms with Crippen molar-refractivity contribution in [2.45, 2.75) is 33.3 Å². The maximum Gasteiger partial charge on any atom is 0.270 e. The summed E-state index contributed by atoms with van der Waals surface area (Å²) in [5.74, 6) is -1.63. The zero-order chi connectivity index (χ0) is 16.2. The second-order valence-electron chi connectivity index (χ2n) is 6.05. The fraction of sp³-hybridized carbons (Fsp3) is 0.500. The van der Waals surface area contributed by atoms with Gasteiger partial charge in [0.05, 0.1) is 16.6 Å². The third kappa shape index (κ3) is 5.47. The third-order valence-electron chi connectivity index (χ3n) is 2.75. The molecular weight excluding hydrogens is 279 g/mol. The average molecular weight is 298 g/mol. The van der Waals surface area contributed by atoms with Gasteiger partial charge < -0.3 is 10.4 Å². The van der Waals surface area contributed by atoms with Gasteiger partial charge in [0.15, 0.2) is 0 Å². The number of aliphatic hydroxyl groups is 1. The minimum absolute atomic E-state index is 0.0434. The van der Waals surface area contributed by atoms with Crippen LogP contribution in [0.1, 0.15) is 37.6 Å². The van der Waals surface area contributed by atoms with Crippen LogP contribution in [0, 0.1) is 21.3 Å². The highest BCUT2D eigenvalue weighted by Gasteiger charge is 2.20. The topological polar surface area (TPSA) is 92.5 Å². The SMILES string of the molecule is CC(C)(C)CC(O)CNC(=O)c1cc([N+](=O)[O-])ccc1F. The molecule has 1 aromatic rings. The van der Waals surface area contributed by atoms with E-state index in [1.54, 1.807) is 0 Å². The van der Waals surface area contributed by atoms with Gasteiger partial charge in [-0.05, 0) is 17.9 Å². The minimum atomic E-state index is -0.844. The number of nitrogens with zero attached hydrogens (tertiary/aromatic N) is 1. The summed E-state index contributed by atoms with van der Waals surface area (Å²) in [5.41, 5.74) is -0.884. The number of nitro benzene ring substituents is 1. The Hall–Kier alpha value is -2.02. The molecule has 0 spiro atoms. The van der Waals surface area contributed by atoms with Crippen LogP contribution in [-0.4, -0.2) is 28.6 Å². The Morgan fingerprint density at radius 2 is 2.10 bits per heavy atom. The van der Waals surface area contributed by atoms with E-state index in [4.69, 9.17) is 0 Å². The van der Waals surface area contributed by atoms with Gasteiger partial charge in [0, 0.05) is 18.7 Å². The van der Waals surface area contributed by atoms with Crippen LogP contribution in [0.15, 0.2) is 18.2 Å². The van der Waals surface area contributed by atoms with E-state index in [-0.39, 0.29) is 17.6 Å². The van der Waals surface area contributed by atoms with E-state index in [9.17, 15) is 24.4 Å². The van der Waals surface area contributed by atoms with Crippen molar-refractivity contribution < 1.29 is 19.2 Å². The summed E-state index contributed by atoms with van der Waals surface area (Å²) in [6, 6.07) is 2.74. The monoisotopic (exact) mass is 298 g/mol. The van der Waals surface area contributed by atoms with E-state index in [2.05, 4.69) is 5.32 Å². The Labute approximate surface area is 122 Å². The summed E-state index contributed by atoms with van der Waals surface area (Å²) in [5, 5.41) is 22.8. The number of hydrogen-bond acceptors (Lipinski definition) is 4. The molecule has 0 aromatic heterocycles. The molecule has 0 saturated carbocycles. The van der Waals surface area contributed by atoms with Crippen LogP contribution in [-0.2, 0) is 0 Å². The standard InChI is InChI=1S/C14H19FN2O4/c1-14(2,3)7-10(18)8-16-13(19)11-6-9(17(20)21)4-5-12(11)15/h4-6,10,18H,7-8H2,1-3H3,(H,16,19). The van der Waals surface area contributed by atoms with Crippen LogP contribution in [0.3, 0.4) is 0 Å². The van der Waals surface area contributed by atoms with Gasteiger partial charge in [0.25, 0.3) is 11.6 Å². The highest BCUT2D eigenvalue weighted by atomic mass is 19.1. The lowest BCUT2D eigenvalue weighted by Gasteiger charge is -2.22. The highest BCUT2D eigenvalue weighted by Crippen LogP contribution is 2.20. The molecule has 0 bridgehead atoms. The number of aliphatic hydroxyl groups excluding tert-OH is 1. The average Bonchev–Trinajstić information content (AvgIpc) is 2.34. The fourth-order valence-corrected chi connectivity index (χ4v) is 1.89. The quantitative estimate of drug-likeness (QED) is 0.644. The van der Waals surface area contributed by atoms with Crippen LogP contribution >= 0.6 is 0 Å². The first-order valence-electron chi connectivity index (χ1n) is 6.50. The van der Waals surface area contributed by atoms with Gasteiger partial charge in [-0.2, -0.15) is 0 Å². The Morgan fingerprint density at radius 3 is 2.62 bits per heavy atom. The highest BCUT2D eigenvalue weighted by molar-refractivity contribution is 5.95. The number of rotatable bonds is 5. The molecule has 1 amide bonds. The maximum atomic E-state index is 13.5. The Kier molecular flexibility index (Phi) is 5.37. The van der Waals surface area contributed by atoms with Crippen LogP contribution in [0.25, 0.3) is 0 Å². The van der Waals surface area contributed by atoms with Crippen molar-refractivity contribution in [2.24, 2.45) is 5.41 Å². The smallest absolute Gasteiger partial charge is 0.270 e. The summed E-state index contributed by atoms with van der Waals surface area (Å²) in [4.78, 5) is 21.7. The molecule has 0 aliphatic heterocycles. The van der Waals surface area contributed by atoms with E-state index in [1.807, 2.05) is 20.8 Å². The molecule has 2 N–H and O–H groups in total. The molecule has 1 rings (SSSR count). The molecule has 0 fully saturated rings. The predicted octanol–water partition coefficient (Wildman–Crippen LogP) is 2.26. The number of nitrogens with one attached hydrogen (secondary N) is 1. The molecule has 1 unspecified atom stereocenters. The van der Waals surface area contributed by atoms with E-state index < -0.39 is 28.3 Å². The van der Waals surface area contributed by atoms with E-state index in [0.717, 1.165) is 18.2 Å². The summed E-state index contributed by atoms with van der Waals surface area (Å²) < 4.78 is 13.5. The van der Waals surface area contributed by atoms with Crippen molar-refractivity contribution in [1.82, 2.24) is 5.32 Å². The van der Waals surface area contributed by atoms with Gasteiger partial charge in [0.2, 0.25) is 0 Å². The zero-order valence-electron chi connectivity index (χ0n) is 12.2. The van der Waals surface area contributed by atoms with Crippen LogP contribution < -0.4 is 5.32 Å². The molecule has 0 aliphatic carbocycles. The summed E-state index contributed by atoms with van der Waals surface area (Å²) in [6.45, 7) is 5.78. The van der Waals surface area contributed by atoms with Gasteiger partial charge in [0.1, 0.15) is 5.82 Å². The molecule has 7 heteroatoms. The molecule has 1 atom stereocenters. The van der Waals surface area contributed by atoms with Crippen LogP contribution in [0.2, 0.25) is 0 Å². The third-order valence-corrected chi connectivity index (χ3v) is 2.75. The van der Waals surface area contributed by atoms with Crippen molar-refractivity contribution in [3.63, 3.8) is 0 Å². The molecule has 0 heterocycles. The largest absolute Gasteiger partial charge is 0.391 e. The van der Waals surface area contributed by atoms with Gasteiger partial charge >= 0.3 is 0 Å². The first-order chi connectivity index (χ1) is 9.60. The van der Waals surface area contributed by atoms with E-state index >= 15 is 0 Å².